The van der Waals surface area contributed by atoms with Gasteiger partial charge in [-0.25, -0.2) is 0 Å². The highest BCUT2D eigenvalue weighted by atomic mass is 16.6. The number of amides is 1. The Balaban J connectivity index is 1.60. The standard InChI is InChI=1S/C21H32N2O5/c1-17(2)23-15-21(16-26-13-20(23)24)14-22(8-9-28-21)12-18-4-6-19(7-5-18)27-11-10-25-3/h4-7,17H,8-16H2,1-3H3. The van der Waals surface area contributed by atoms with Crippen LogP contribution in [0.15, 0.2) is 24.3 Å². The molecule has 2 heterocycles. The van der Waals surface area contributed by atoms with Crippen LogP contribution in [-0.2, 0) is 25.5 Å². The van der Waals surface area contributed by atoms with Crippen molar-refractivity contribution in [1.29, 1.82) is 0 Å². The van der Waals surface area contributed by atoms with Gasteiger partial charge in [0, 0.05) is 32.8 Å². The van der Waals surface area contributed by atoms with Crippen LogP contribution in [0.3, 0.4) is 0 Å². The predicted octanol–water partition coefficient (Wildman–Crippen LogP) is 1.55. The van der Waals surface area contributed by atoms with Crippen LogP contribution < -0.4 is 4.74 Å². The molecule has 0 radical (unpaired) electrons. The number of rotatable bonds is 7. The molecular weight excluding hydrogens is 360 g/mol. The van der Waals surface area contributed by atoms with Gasteiger partial charge in [0.05, 0.1) is 26.4 Å². The van der Waals surface area contributed by atoms with Gasteiger partial charge in [-0.05, 0) is 31.5 Å². The van der Waals surface area contributed by atoms with Crippen LogP contribution in [0.5, 0.6) is 5.75 Å². The van der Waals surface area contributed by atoms with E-state index in [4.69, 9.17) is 18.9 Å². The predicted molar refractivity (Wildman–Crippen MR) is 105 cm³/mol. The number of methoxy groups -OCH3 is 1. The van der Waals surface area contributed by atoms with Crippen molar-refractivity contribution in [3.63, 3.8) is 0 Å². The number of hydrogen-bond donors (Lipinski definition) is 0. The zero-order valence-electron chi connectivity index (χ0n) is 17.2. The van der Waals surface area contributed by atoms with Crippen LogP contribution in [0.1, 0.15) is 19.4 Å². The molecule has 1 aromatic carbocycles. The average Bonchev–Trinajstić information content (AvgIpc) is 2.83. The fourth-order valence-corrected chi connectivity index (χ4v) is 3.76. The lowest BCUT2D eigenvalue weighted by atomic mass is 10.0. The third-order valence-corrected chi connectivity index (χ3v) is 5.21. The molecule has 3 rings (SSSR count). The highest BCUT2D eigenvalue weighted by Crippen LogP contribution is 2.25. The summed E-state index contributed by atoms with van der Waals surface area (Å²) >= 11 is 0. The minimum atomic E-state index is -0.460. The SMILES string of the molecule is COCCOc1ccc(CN2CCOC3(COCC(=O)N(C(C)C)C3)C2)cc1. The van der Waals surface area contributed by atoms with Crippen LogP contribution >= 0.6 is 0 Å². The van der Waals surface area contributed by atoms with Gasteiger partial charge in [0.25, 0.3) is 0 Å². The maximum absolute atomic E-state index is 12.3. The van der Waals surface area contributed by atoms with Crippen LogP contribution in [0.4, 0.5) is 0 Å². The molecule has 2 saturated heterocycles. The van der Waals surface area contributed by atoms with E-state index in [1.165, 1.54) is 5.56 Å². The second kappa shape index (κ2) is 9.69. The summed E-state index contributed by atoms with van der Waals surface area (Å²) in [4.78, 5) is 16.5. The number of morpholine rings is 1. The van der Waals surface area contributed by atoms with Crippen molar-refractivity contribution in [3.8, 4) is 5.75 Å². The number of ether oxygens (including phenoxy) is 4. The first kappa shape index (κ1) is 21.0. The van der Waals surface area contributed by atoms with E-state index in [0.717, 1.165) is 25.4 Å². The smallest absolute Gasteiger partial charge is 0.248 e. The van der Waals surface area contributed by atoms with E-state index in [-0.39, 0.29) is 18.6 Å². The monoisotopic (exact) mass is 392 g/mol. The van der Waals surface area contributed by atoms with Gasteiger partial charge in [0.2, 0.25) is 5.91 Å². The second-order valence-corrected chi connectivity index (χ2v) is 7.84. The van der Waals surface area contributed by atoms with E-state index < -0.39 is 5.60 Å². The van der Waals surface area contributed by atoms with Gasteiger partial charge in [-0.2, -0.15) is 0 Å². The van der Waals surface area contributed by atoms with Gasteiger partial charge in [0.1, 0.15) is 24.6 Å². The molecule has 0 saturated carbocycles. The molecule has 0 bridgehead atoms. The van der Waals surface area contributed by atoms with Gasteiger partial charge in [0.15, 0.2) is 0 Å². The quantitative estimate of drug-likeness (QED) is 0.656. The van der Waals surface area contributed by atoms with Crippen LogP contribution in [0.2, 0.25) is 0 Å². The molecule has 7 heteroatoms. The molecule has 1 amide bonds. The van der Waals surface area contributed by atoms with Crippen LogP contribution in [0.25, 0.3) is 0 Å². The Kier molecular flexibility index (Phi) is 7.29. The molecule has 0 aliphatic carbocycles. The topological polar surface area (TPSA) is 60.5 Å². The lowest BCUT2D eigenvalue weighted by Crippen LogP contribution is -2.59. The molecule has 1 atom stereocenters. The normalized spacial score (nSPS) is 24.0. The summed E-state index contributed by atoms with van der Waals surface area (Å²) in [7, 11) is 1.66. The summed E-state index contributed by atoms with van der Waals surface area (Å²) < 4.78 is 22.5. The Morgan fingerprint density at radius 1 is 1.18 bits per heavy atom. The number of carbonyl (C=O) groups excluding carboxylic acids is 1. The summed E-state index contributed by atoms with van der Waals surface area (Å²) in [5.74, 6) is 0.888. The molecule has 0 aromatic heterocycles. The summed E-state index contributed by atoms with van der Waals surface area (Å²) in [6.07, 6.45) is 0. The molecule has 28 heavy (non-hydrogen) atoms. The molecule has 1 unspecified atom stereocenters. The maximum Gasteiger partial charge on any atom is 0.248 e. The van der Waals surface area contributed by atoms with E-state index in [2.05, 4.69) is 17.0 Å². The zero-order valence-corrected chi connectivity index (χ0v) is 17.2. The average molecular weight is 392 g/mol. The first-order valence-corrected chi connectivity index (χ1v) is 9.95. The van der Waals surface area contributed by atoms with Crippen molar-refractivity contribution in [2.45, 2.75) is 32.0 Å². The Labute approximate surface area is 167 Å². The highest BCUT2D eigenvalue weighted by molar-refractivity contribution is 5.78. The summed E-state index contributed by atoms with van der Waals surface area (Å²) in [5, 5.41) is 0. The summed E-state index contributed by atoms with van der Waals surface area (Å²) in [5.41, 5.74) is 0.764. The van der Waals surface area contributed by atoms with Crippen molar-refractivity contribution in [2.24, 2.45) is 0 Å². The maximum atomic E-state index is 12.3. The Hall–Kier alpha value is -1.67. The first-order valence-electron chi connectivity index (χ1n) is 9.95. The number of carbonyl (C=O) groups is 1. The first-order chi connectivity index (χ1) is 13.5. The summed E-state index contributed by atoms with van der Waals surface area (Å²) in [6, 6.07) is 8.32. The third kappa shape index (κ3) is 5.44. The second-order valence-electron chi connectivity index (χ2n) is 7.84. The van der Waals surface area contributed by atoms with E-state index in [9.17, 15) is 4.79 Å². The molecule has 1 spiro atoms. The zero-order chi connectivity index (χ0) is 20.0. The number of hydrogen-bond acceptors (Lipinski definition) is 6. The van der Waals surface area contributed by atoms with Gasteiger partial charge in [-0.15, -0.1) is 0 Å². The van der Waals surface area contributed by atoms with Gasteiger partial charge >= 0.3 is 0 Å². The molecule has 2 aliphatic heterocycles. The lowest BCUT2D eigenvalue weighted by Gasteiger charge is -2.44. The molecule has 156 valence electrons. The van der Waals surface area contributed by atoms with Gasteiger partial charge in [-0.1, -0.05) is 12.1 Å². The number of benzene rings is 1. The molecule has 2 fully saturated rings. The van der Waals surface area contributed by atoms with Gasteiger partial charge in [-0.3, -0.25) is 9.69 Å². The van der Waals surface area contributed by atoms with Crippen LogP contribution in [-0.4, -0.2) is 87.1 Å². The molecule has 1 aromatic rings. The molecule has 2 aliphatic rings. The van der Waals surface area contributed by atoms with Gasteiger partial charge < -0.3 is 23.8 Å². The third-order valence-electron chi connectivity index (χ3n) is 5.21. The molecule has 7 nitrogen and oxygen atoms in total. The van der Waals surface area contributed by atoms with E-state index in [1.807, 2.05) is 30.9 Å². The van der Waals surface area contributed by atoms with E-state index in [0.29, 0.717) is 33.0 Å². The van der Waals surface area contributed by atoms with Crippen molar-refractivity contribution in [3.05, 3.63) is 29.8 Å². The summed E-state index contributed by atoms with van der Waals surface area (Å²) in [6.45, 7) is 9.44. The Morgan fingerprint density at radius 2 is 1.96 bits per heavy atom. The highest BCUT2D eigenvalue weighted by Gasteiger charge is 2.42. The minimum absolute atomic E-state index is 0.0386. The van der Waals surface area contributed by atoms with Crippen LogP contribution in [0, 0.1) is 0 Å². The fraction of sp³-hybridized carbons (Fsp3) is 0.667. The lowest BCUT2D eigenvalue weighted by molar-refractivity contribution is -0.147. The van der Waals surface area contributed by atoms with Crippen molar-refractivity contribution < 1.29 is 23.7 Å². The fourth-order valence-electron chi connectivity index (χ4n) is 3.76. The molecular formula is C21H32N2O5. The van der Waals surface area contributed by atoms with Crippen molar-refractivity contribution in [2.75, 3.05) is 59.8 Å². The Bertz CT molecular complexity index is 636. The van der Waals surface area contributed by atoms with Crippen molar-refractivity contribution >= 4 is 5.91 Å². The Morgan fingerprint density at radius 3 is 2.68 bits per heavy atom. The van der Waals surface area contributed by atoms with E-state index in [1.54, 1.807) is 7.11 Å². The number of nitrogens with zero attached hydrogens (tertiary/aromatic N) is 2. The van der Waals surface area contributed by atoms with Crippen molar-refractivity contribution in [1.82, 2.24) is 9.80 Å². The minimum Gasteiger partial charge on any atom is -0.491 e. The molecule has 0 N–H and O–H groups in total. The van der Waals surface area contributed by atoms with E-state index >= 15 is 0 Å². The largest absolute Gasteiger partial charge is 0.491 e.